The predicted octanol–water partition coefficient (Wildman–Crippen LogP) is 4.01. The third kappa shape index (κ3) is 5.09. The Balaban J connectivity index is 2.59. The summed E-state index contributed by atoms with van der Waals surface area (Å²) in [7, 11) is 0. The van der Waals surface area contributed by atoms with Gasteiger partial charge in [0, 0.05) is 12.1 Å². The zero-order valence-corrected chi connectivity index (χ0v) is 11.7. The highest BCUT2D eigenvalue weighted by Crippen LogP contribution is 2.18. The number of benzene rings is 1. The Morgan fingerprint density at radius 2 is 2.18 bits per heavy atom. The summed E-state index contributed by atoms with van der Waals surface area (Å²) in [4.78, 5) is 0. The summed E-state index contributed by atoms with van der Waals surface area (Å²) in [6.45, 7) is 4.32. The first kappa shape index (κ1) is 14.5. The fraction of sp³-hybridized carbons (Fsp3) is 0.571. The van der Waals surface area contributed by atoms with Gasteiger partial charge < -0.3 is 5.32 Å². The molecule has 0 spiro atoms. The lowest BCUT2D eigenvalue weighted by Crippen LogP contribution is -2.30. The molecule has 1 aromatic rings. The molecule has 0 aliphatic heterocycles. The van der Waals surface area contributed by atoms with E-state index in [1.165, 1.54) is 6.07 Å². The van der Waals surface area contributed by atoms with Crippen LogP contribution < -0.4 is 5.32 Å². The van der Waals surface area contributed by atoms with Gasteiger partial charge in [0.25, 0.3) is 0 Å². The number of hydrogen-bond acceptors (Lipinski definition) is 2. The number of halogens is 1. The quantitative estimate of drug-likeness (QED) is 0.790. The minimum Gasteiger partial charge on any atom is -0.307 e. The summed E-state index contributed by atoms with van der Waals surface area (Å²) in [6, 6.07) is 7.61. The van der Waals surface area contributed by atoms with Gasteiger partial charge in [-0.25, -0.2) is 4.39 Å². The average Bonchev–Trinajstić information content (AvgIpc) is 2.33. The van der Waals surface area contributed by atoms with Crippen molar-refractivity contribution in [2.45, 2.75) is 38.8 Å². The van der Waals surface area contributed by atoms with Crippen molar-refractivity contribution in [2.24, 2.45) is 0 Å². The molecule has 17 heavy (non-hydrogen) atoms. The van der Waals surface area contributed by atoms with E-state index in [0.717, 1.165) is 24.2 Å². The lowest BCUT2D eigenvalue weighted by atomic mass is 10.0. The van der Waals surface area contributed by atoms with Crippen molar-refractivity contribution < 1.29 is 4.39 Å². The van der Waals surface area contributed by atoms with Crippen LogP contribution in [0.3, 0.4) is 0 Å². The van der Waals surface area contributed by atoms with E-state index in [2.05, 4.69) is 25.4 Å². The largest absolute Gasteiger partial charge is 0.307 e. The number of rotatable bonds is 7. The summed E-state index contributed by atoms with van der Waals surface area (Å²) >= 11 is 1.86. The summed E-state index contributed by atoms with van der Waals surface area (Å²) in [5, 5.41) is 3.56. The molecule has 1 N–H and O–H groups in total. The van der Waals surface area contributed by atoms with Gasteiger partial charge in [-0.1, -0.05) is 19.1 Å². The molecule has 0 saturated carbocycles. The van der Waals surface area contributed by atoms with Crippen molar-refractivity contribution in [1.29, 1.82) is 0 Å². The Bertz CT molecular complexity index is 330. The molecule has 0 aromatic heterocycles. The van der Waals surface area contributed by atoms with Gasteiger partial charge in [0.05, 0.1) is 0 Å². The first-order chi connectivity index (χ1) is 8.17. The van der Waals surface area contributed by atoms with Gasteiger partial charge in [0.2, 0.25) is 0 Å². The zero-order valence-electron chi connectivity index (χ0n) is 10.9. The van der Waals surface area contributed by atoms with Crippen molar-refractivity contribution in [2.75, 3.05) is 12.0 Å². The van der Waals surface area contributed by atoms with E-state index in [9.17, 15) is 4.39 Å². The Hall–Kier alpha value is -0.540. The van der Waals surface area contributed by atoms with E-state index in [1.807, 2.05) is 17.8 Å². The van der Waals surface area contributed by atoms with Gasteiger partial charge >= 0.3 is 0 Å². The molecule has 0 bridgehead atoms. The minimum absolute atomic E-state index is 0.153. The second kappa shape index (κ2) is 7.72. The average molecular weight is 255 g/mol. The lowest BCUT2D eigenvalue weighted by Gasteiger charge is -2.22. The molecule has 3 heteroatoms. The summed E-state index contributed by atoms with van der Waals surface area (Å²) in [6.07, 6.45) is 4.25. The molecule has 1 nitrogen and oxygen atoms in total. The molecule has 0 amide bonds. The van der Waals surface area contributed by atoms with E-state index in [4.69, 9.17) is 0 Å². The third-order valence-electron chi connectivity index (χ3n) is 2.90. The van der Waals surface area contributed by atoms with Crippen molar-refractivity contribution in [3.05, 3.63) is 35.6 Å². The molecule has 1 rings (SSSR count). The van der Waals surface area contributed by atoms with Crippen LogP contribution in [0.1, 0.15) is 38.3 Å². The van der Waals surface area contributed by atoms with E-state index >= 15 is 0 Å². The van der Waals surface area contributed by atoms with Crippen LogP contribution in [0.2, 0.25) is 0 Å². The van der Waals surface area contributed by atoms with Crippen LogP contribution in [-0.4, -0.2) is 18.1 Å². The molecule has 0 aliphatic carbocycles. The maximum absolute atomic E-state index is 13.2. The lowest BCUT2D eigenvalue weighted by molar-refractivity contribution is 0.437. The molecule has 0 aliphatic rings. The van der Waals surface area contributed by atoms with Crippen molar-refractivity contribution in [3.8, 4) is 0 Å². The topological polar surface area (TPSA) is 12.0 Å². The van der Waals surface area contributed by atoms with Crippen LogP contribution in [0.4, 0.5) is 4.39 Å². The normalized spacial score (nSPS) is 14.6. The van der Waals surface area contributed by atoms with E-state index < -0.39 is 0 Å². The van der Waals surface area contributed by atoms with Crippen LogP contribution in [0.5, 0.6) is 0 Å². The van der Waals surface area contributed by atoms with Crippen molar-refractivity contribution >= 4 is 11.8 Å². The molecule has 0 saturated heterocycles. The van der Waals surface area contributed by atoms with Gasteiger partial charge in [0.1, 0.15) is 5.82 Å². The monoisotopic (exact) mass is 255 g/mol. The molecule has 0 heterocycles. The standard InChI is InChI=1S/C14H22FNS/c1-4-14(16-11(2)8-9-17-3)12-6-5-7-13(15)10-12/h5-7,10-11,14,16H,4,8-9H2,1-3H3. The molecular formula is C14H22FNS. The Morgan fingerprint density at radius 1 is 1.41 bits per heavy atom. The van der Waals surface area contributed by atoms with Gasteiger partial charge in [-0.05, 0) is 49.5 Å². The predicted molar refractivity (Wildman–Crippen MR) is 75.0 cm³/mol. The van der Waals surface area contributed by atoms with E-state index in [0.29, 0.717) is 6.04 Å². The first-order valence-electron chi connectivity index (χ1n) is 6.17. The summed E-state index contributed by atoms with van der Waals surface area (Å²) in [5.41, 5.74) is 1.04. The fourth-order valence-electron chi connectivity index (χ4n) is 1.89. The molecular weight excluding hydrogens is 233 g/mol. The highest BCUT2D eigenvalue weighted by molar-refractivity contribution is 7.98. The van der Waals surface area contributed by atoms with Crippen molar-refractivity contribution in [3.63, 3.8) is 0 Å². The van der Waals surface area contributed by atoms with Gasteiger partial charge in [-0.2, -0.15) is 11.8 Å². The highest BCUT2D eigenvalue weighted by Gasteiger charge is 2.12. The molecule has 2 atom stereocenters. The SMILES string of the molecule is CCC(NC(C)CCSC)c1cccc(F)c1. The molecule has 96 valence electrons. The maximum Gasteiger partial charge on any atom is 0.123 e. The Morgan fingerprint density at radius 3 is 2.76 bits per heavy atom. The smallest absolute Gasteiger partial charge is 0.123 e. The second-order valence-electron chi connectivity index (χ2n) is 4.37. The van der Waals surface area contributed by atoms with Crippen LogP contribution in [0.15, 0.2) is 24.3 Å². The van der Waals surface area contributed by atoms with E-state index in [1.54, 1.807) is 12.1 Å². The van der Waals surface area contributed by atoms with E-state index in [-0.39, 0.29) is 11.9 Å². The van der Waals surface area contributed by atoms with Crippen LogP contribution in [-0.2, 0) is 0 Å². The van der Waals surface area contributed by atoms with Crippen molar-refractivity contribution in [1.82, 2.24) is 5.32 Å². The Labute approximate surface area is 108 Å². The Kier molecular flexibility index (Phi) is 6.60. The number of thioether (sulfide) groups is 1. The number of nitrogens with one attached hydrogen (secondary N) is 1. The summed E-state index contributed by atoms with van der Waals surface area (Å²) < 4.78 is 13.2. The maximum atomic E-state index is 13.2. The highest BCUT2D eigenvalue weighted by atomic mass is 32.2. The van der Waals surface area contributed by atoms with Gasteiger partial charge in [-0.3, -0.25) is 0 Å². The summed E-state index contributed by atoms with van der Waals surface area (Å²) in [5.74, 6) is 1.01. The van der Waals surface area contributed by atoms with Gasteiger partial charge in [-0.15, -0.1) is 0 Å². The first-order valence-corrected chi connectivity index (χ1v) is 7.57. The third-order valence-corrected chi connectivity index (χ3v) is 3.54. The van der Waals surface area contributed by atoms with Crippen LogP contribution in [0, 0.1) is 5.82 Å². The molecule has 0 radical (unpaired) electrons. The molecule has 1 aromatic carbocycles. The zero-order chi connectivity index (χ0) is 12.7. The fourth-order valence-corrected chi connectivity index (χ4v) is 2.48. The van der Waals surface area contributed by atoms with Gasteiger partial charge in [0.15, 0.2) is 0 Å². The van der Waals surface area contributed by atoms with Crippen LogP contribution in [0.25, 0.3) is 0 Å². The van der Waals surface area contributed by atoms with Crippen LogP contribution >= 0.6 is 11.8 Å². The second-order valence-corrected chi connectivity index (χ2v) is 5.35. The molecule has 0 fully saturated rings. The number of hydrogen-bond donors (Lipinski definition) is 1. The molecule has 2 unspecified atom stereocenters. The minimum atomic E-state index is -0.153.